The van der Waals surface area contributed by atoms with Gasteiger partial charge in [-0.3, -0.25) is 9.59 Å². The highest BCUT2D eigenvalue weighted by atomic mass is 16.5. The Balaban J connectivity index is 1.24. The van der Waals surface area contributed by atoms with Crippen LogP contribution in [0.5, 0.6) is 5.75 Å². The molecule has 7 heteroatoms. The molecule has 2 aromatic carbocycles. The van der Waals surface area contributed by atoms with Crippen molar-refractivity contribution in [3.63, 3.8) is 0 Å². The minimum absolute atomic E-state index is 0.100. The second kappa shape index (κ2) is 10.3. The lowest BCUT2D eigenvalue weighted by Crippen LogP contribution is -2.36. The number of carbonyl (C=O) groups excluding carboxylic acids is 2. The molecule has 0 saturated heterocycles. The molecule has 0 atom stereocenters. The number of aryl methyl sites for hydroxylation is 2. The quantitative estimate of drug-likeness (QED) is 0.430. The molecule has 0 unspecified atom stereocenters. The zero-order valence-corrected chi connectivity index (χ0v) is 19.0. The van der Waals surface area contributed by atoms with Gasteiger partial charge < -0.3 is 18.8 Å². The molecule has 172 valence electrons. The van der Waals surface area contributed by atoms with Gasteiger partial charge in [0.25, 0.3) is 5.91 Å². The zero-order valence-electron chi connectivity index (χ0n) is 19.0. The average Bonchev–Trinajstić information content (AvgIpc) is 3.57. The molecule has 4 rings (SSSR count). The monoisotopic (exact) mass is 448 g/mol. The molecular formula is C26H28N2O5. The Morgan fingerprint density at radius 2 is 1.82 bits per heavy atom. The van der Waals surface area contributed by atoms with Gasteiger partial charge in [-0.25, -0.2) is 4.98 Å². The van der Waals surface area contributed by atoms with Crippen LogP contribution in [0, 0.1) is 6.92 Å². The summed E-state index contributed by atoms with van der Waals surface area (Å²) in [7, 11) is 1.62. The smallest absolute Gasteiger partial charge is 0.306 e. The van der Waals surface area contributed by atoms with Crippen molar-refractivity contribution in [2.45, 2.75) is 45.2 Å². The standard InChI is InChI=1S/C26H28N2O5/c1-18-3-7-20(8-4-18)23-15-27-24(33-23)13-14-26(30)32-17-25(29)28(21-9-10-21)16-19-5-11-22(31-2)12-6-19/h3-8,11-12,15,21H,9-10,13-14,16-17H2,1-2H3. The fraction of sp³-hybridized carbons (Fsp3) is 0.346. The molecule has 1 aliphatic rings. The summed E-state index contributed by atoms with van der Waals surface area (Å²) in [6.45, 7) is 2.25. The minimum atomic E-state index is -0.446. The molecule has 0 radical (unpaired) electrons. The van der Waals surface area contributed by atoms with E-state index in [2.05, 4.69) is 4.98 Å². The van der Waals surface area contributed by atoms with E-state index >= 15 is 0 Å². The van der Waals surface area contributed by atoms with Crippen LogP contribution in [0.3, 0.4) is 0 Å². The Kier molecular flexibility index (Phi) is 7.07. The normalized spacial score (nSPS) is 12.9. The number of carbonyl (C=O) groups is 2. The number of ether oxygens (including phenoxy) is 2. The summed E-state index contributed by atoms with van der Waals surface area (Å²) in [6, 6.07) is 15.8. The third-order valence-electron chi connectivity index (χ3n) is 5.61. The minimum Gasteiger partial charge on any atom is -0.497 e. The molecule has 0 spiro atoms. The summed E-state index contributed by atoms with van der Waals surface area (Å²) in [5, 5.41) is 0. The summed E-state index contributed by atoms with van der Waals surface area (Å²) in [5.74, 6) is 1.27. The molecule has 1 heterocycles. The van der Waals surface area contributed by atoms with Crippen LogP contribution >= 0.6 is 0 Å². The van der Waals surface area contributed by atoms with Crippen molar-refractivity contribution < 1.29 is 23.5 Å². The van der Waals surface area contributed by atoms with Crippen LogP contribution in [-0.4, -0.2) is 41.5 Å². The van der Waals surface area contributed by atoms with Crippen LogP contribution in [-0.2, 0) is 27.3 Å². The number of rotatable bonds is 10. The second-order valence-corrected chi connectivity index (χ2v) is 8.25. The van der Waals surface area contributed by atoms with Gasteiger partial charge in [0.1, 0.15) is 5.75 Å². The largest absolute Gasteiger partial charge is 0.497 e. The van der Waals surface area contributed by atoms with Gasteiger partial charge >= 0.3 is 5.97 Å². The van der Waals surface area contributed by atoms with Crippen molar-refractivity contribution in [2.24, 2.45) is 0 Å². The molecule has 3 aromatic rings. The molecule has 1 fully saturated rings. The Morgan fingerprint density at radius 1 is 1.09 bits per heavy atom. The maximum absolute atomic E-state index is 12.7. The topological polar surface area (TPSA) is 81.9 Å². The number of hydrogen-bond donors (Lipinski definition) is 0. The SMILES string of the molecule is COc1ccc(CN(C(=O)COC(=O)CCc2ncc(-c3ccc(C)cc3)o2)C2CC2)cc1. The van der Waals surface area contributed by atoms with Gasteiger partial charge in [0.15, 0.2) is 18.3 Å². The summed E-state index contributed by atoms with van der Waals surface area (Å²) in [6.07, 6.45) is 4.02. The lowest BCUT2D eigenvalue weighted by molar-refractivity contribution is -0.152. The van der Waals surface area contributed by atoms with Crippen LogP contribution in [0.25, 0.3) is 11.3 Å². The van der Waals surface area contributed by atoms with E-state index < -0.39 is 5.97 Å². The van der Waals surface area contributed by atoms with Gasteiger partial charge in [-0.2, -0.15) is 0 Å². The van der Waals surface area contributed by atoms with Gasteiger partial charge in [0, 0.05) is 24.6 Å². The van der Waals surface area contributed by atoms with Crippen LogP contribution in [0.1, 0.15) is 36.3 Å². The van der Waals surface area contributed by atoms with Gasteiger partial charge in [-0.15, -0.1) is 0 Å². The van der Waals surface area contributed by atoms with Crippen LogP contribution < -0.4 is 4.74 Å². The predicted octanol–water partition coefficient (Wildman–Crippen LogP) is 4.33. The van der Waals surface area contributed by atoms with E-state index in [1.54, 1.807) is 18.2 Å². The van der Waals surface area contributed by atoms with Crippen molar-refractivity contribution in [1.82, 2.24) is 9.88 Å². The first-order chi connectivity index (χ1) is 16.0. The van der Waals surface area contributed by atoms with Crippen LogP contribution in [0.2, 0.25) is 0 Å². The highest BCUT2D eigenvalue weighted by Gasteiger charge is 2.33. The molecule has 0 bridgehead atoms. The predicted molar refractivity (Wildman–Crippen MR) is 123 cm³/mol. The second-order valence-electron chi connectivity index (χ2n) is 8.25. The fourth-order valence-electron chi connectivity index (χ4n) is 3.52. The molecule has 1 saturated carbocycles. The maximum atomic E-state index is 12.7. The first-order valence-electron chi connectivity index (χ1n) is 11.1. The van der Waals surface area contributed by atoms with E-state index in [-0.39, 0.29) is 25.0 Å². The number of methoxy groups -OCH3 is 1. The van der Waals surface area contributed by atoms with Gasteiger partial charge in [0.2, 0.25) is 0 Å². The van der Waals surface area contributed by atoms with E-state index in [4.69, 9.17) is 13.9 Å². The van der Waals surface area contributed by atoms with Crippen LogP contribution in [0.4, 0.5) is 0 Å². The molecule has 1 amide bonds. The van der Waals surface area contributed by atoms with E-state index in [1.165, 1.54) is 5.56 Å². The van der Waals surface area contributed by atoms with Gasteiger partial charge in [0.05, 0.1) is 19.7 Å². The summed E-state index contributed by atoms with van der Waals surface area (Å²) < 4.78 is 16.2. The third-order valence-corrected chi connectivity index (χ3v) is 5.61. The third kappa shape index (κ3) is 6.22. The highest BCUT2D eigenvalue weighted by molar-refractivity contribution is 5.81. The summed E-state index contributed by atoms with van der Waals surface area (Å²) in [5.41, 5.74) is 3.11. The zero-order chi connectivity index (χ0) is 23.2. The van der Waals surface area contributed by atoms with Gasteiger partial charge in [-0.05, 0) is 37.5 Å². The molecule has 0 N–H and O–H groups in total. The molecule has 33 heavy (non-hydrogen) atoms. The maximum Gasteiger partial charge on any atom is 0.306 e. The Labute approximate surface area is 193 Å². The molecule has 0 aliphatic heterocycles. The lowest BCUT2D eigenvalue weighted by atomic mass is 10.1. The number of hydrogen-bond acceptors (Lipinski definition) is 6. The first-order valence-corrected chi connectivity index (χ1v) is 11.1. The number of esters is 1. The average molecular weight is 449 g/mol. The van der Waals surface area contributed by atoms with Crippen molar-refractivity contribution in [2.75, 3.05) is 13.7 Å². The number of amides is 1. The van der Waals surface area contributed by atoms with Crippen molar-refractivity contribution >= 4 is 11.9 Å². The lowest BCUT2D eigenvalue weighted by Gasteiger charge is -2.22. The number of oxazole rings is 1. The van der Waals surface area contributed by atoms with Gasteiger partial charge in [-0.1, -0.05) is 42.0 Å². The van der Waals surface area contributed by atoms with E-state index in [0.29, 0.717) is 24.6 Å². The van der Waals surface area contributed by atoms with Crippen molar-refractivity contribution in [3.05, 3.63) is 71.7 Å². The number of nitrogens with zero attached hydrogens (tertiary/aromatic N) is 2. The molecular weight excluding hydrogens is 420 g/mol. The first kappa shape index (κ1) is 22.6. The molecule has 7 nitrogen and oxygen atoms in total. The van der Waals surface area contributed by atoms with Crippen molar-refractivity contribution in [1.29, 1.82) is 0 Å². The molecule has 1 aliphatic carbocycles. The Hall–Kier alpha value is -3.61. The van der Waals surface area contributed by atoms with Crippen molar-refractivity contribution in [3.8, 4) is 17.1 Å². The molecule has 1 aromatic heterocycles. The highest BCUT2D eigenvalue weighted by Crippen LogP contribution is 2.29. The number of aromatic nitrogens is 1. The fourth-order valence-corrected chi connectivity index (χ4v) is 3.52. The Bertz CT molecular complexity index is 1080. The van der Waals surface area contributed by atoms with E-state index in [0.717, 1.165) is 29.7 Å². The number of benzene rings is 2. The van der Waals surface area contributed by atoms with Crippen LogP contribution in [0.15, 0.2) is 59.1 Å². The summed E-state index contributed by atoms with van der Waals surface area (Å²) >= 11 is 0. The Morgan fingerprint density at radius 3 is 2.48 bits per heavy atom. The van der Waals surface area contributed by atoms with E-state index in [9.17, 15) is 9.59 Å². The van der Waals surface area contributed by atoms with E-state index in [1.807, 2.05) is 55.5 Å². The summed E-state index contributed by atoms with van der Waals surface area (Å²) in [4.78, 5) is 30.9.